The Morgan fingerprint density at radius 2 is 1.96 bits per heavy atom. The number of benzene rings is 2. The zero-order chi connectivity index (χ0) is 16.5. The van der Waals surface area contributed by atoms with Crippen LogP contribution in [-0.2, 0) is 6.42 Å². The lowest BCUT2D eigenvalue weighted by Gasteiger charge is -2.22. The number of carbonyl (C=O) groups excluding carboxylic acids is 1. The first-order valence-electron chi connectivity index (χ1n) is 7.96. The number of halogens is 1. The van der Waals surface area contributed by atoms with E-state index in [4.69, 9.17) is 21.1 Å². The number of carbonyl (C=O) groups is 1. The fourth-order valence-electron chi connectivity index (χ4n) is 3.25. The van der Waals surface area contributed by atoms with Crippen molar-refractivity contribution >= 4 is 23.3 Å². The third kappa shape index (κ3) is 2.76. The fourth-order valence-corrected chi connectivity index (χ4v) is 3.52. The Kier molecular flexibility index (Phi) is 3.94. The molecule has 0 fully saturated rings. The summed E-state index contributed by atoms with van der Waals surface area (Å²) < 4.78 is 11.1. The lowest BCUT2D eigenvalue weighted by Crippen LogP contribution is -2.32. The van der Waals surface area contributed by atoms with Crippen molar-refractivity contribution in [1.29, 1.82) is 0 Å². The lowest BCUT2D eigenvalue weighted by molar-refractivity contribution is 0.172. The van der Waals surface area contributed by atoms with E-state index in [0.717, 1.165) is 29.0 Å². The van der Waals surface area contributed by atoms with Gasteiger partial charge in [-0.15, -0.1) is 0 Å². The number of ether oxygens (including phenoxy) is 2. The maximum Gasteiger partial charge on any atom is 0.319 e. The second-order valence-electron chi connectivity index (χ2n) is 5.83. The van der Waals surface area contributed by atoms with Crippen LogP contribution in [0.15, 0.2) is 36.4 Å². The molecule has 124 valence electrons. The van der Waals surface area contributed by atoms with Gasteiger partial charge in [-0.25, -0.2) is 4.79 Å². The van der Waals surface area contributed by atoms with Crippen LogP contribution in [0.2, 0.25) is 5.02 Å². The molecule has 0 bridgehead atoms. The van der Waals surface area contributed by atoms with Crippen molar-refractivity contribution in [3.63, 3.8) is 0 Å². The highest BCUT2D eigenvalue weighted by Crippen LogP contribution is 2.38. The van der Waals surface area contributed by atoms with Crippen LogP contribution in [0.3, 0.4) is 0 Å². The van der Waals surface area contributed by atoms with Crippen LogP contribution in [0.5, 0.6) is 11.5 Å². The molecule has 5 nitrogen and oxygen atoms in total. The maximum atomic E-state index is 12.4. The Bertz CT molecular complexity index is 794. The van der Waals surface area contributed by atoms with Crippen LogP contribution < -0.4 is 20.1 Å². The minimum atomic E-state index is -0.268. The van der Waals surface area contributed by atoms with E-state index in [1.165, 1.54) is 0 Å². The van der Waals surface area contributed by atoms with Gasteiger partial charge in [-0.2, -0.15) is 0 Å². The molecular weight excluding hydrogens is 328 g/mol. The van der Waals surface area contributed by atoms with Gasteiger partial charge in [-0.3, -0.25) is 0 Å². The van der Waals surface area contributed by atoms with Crippen molar-refractivity contribution in [2.75, 3.05) is 18.5 Å². The van der Waals surface area contributed by atoms with Crippen molar-refractivity contribution in [2.45, 2.75) is 18.9 Å². The summed E-state index contributed by atoms with van der Waals surface area (Å²) in [7, 11) is 0. The van der Waals surface area contributed by atoms with Gasteiger partial charge in [0.15, 0.2) is 11.5 Å². The molecule has 2 aliphatic rings. The van der Waals surface area contributed by atoms with Crippen LogP contribution >= 0.6 is 11.6 Å². The van der Waals surface area contributed by atoms with Crippen LogP contribution in [0.4, 0.5) is 10.5 Å². The van der Waals surface area contributed by atoms with E-state index >= 15 is 0 Å². The minimum Gasteiger partial charge on any atom is -0.486 e. The topological polar surface area (TPSA) is 59.6 Å². The van der Waals surface area contributed by atoms with Crippen molar-refractivity contribution in [3.8, 4) is 11.5 Å². The molecule has 2 aromatic rings. The van der Waals surface area contributed by atoms with Crippen LogP contribution in [0.1, 0.15) is 23.6 Å². The van der Waals surface area contributed by atoms with Crippen molar-refractivity contribution in [1.82, 2.24) is 5.32 Å². The summed E-state index contributed by atoms with van der Waals surface area (Å²) in [6.45, 7) is 0.990. The molecule has 6 heteroatoms. The molecule has 2 N–H and O–H groups in total. The molecule has 2 amide bonds. The molecule has 4 rings (SSSR count). The van der Waals surface area contributed by atoms with Crippen molar-refractivity contribution in [2.24, 2.45) is 0 Å². The summed E-state index contributed by atoms with van der Waals surface area (Å²) in [5.74, 6) is 1.23. The SMILES string of the molecule is O=C(Nc1cccc2c1OCCO2)N[C@@H]1CCc2c(Cl)cccc21. The second-order valence-corrected chi connectivity index (χ2v) is 6.23. The first-order valence-corrected chi connectivity index (χ1v) is 8.33. The van der Waals surface area contributed by atoms with Crippen LogP contribution in [-0.4, -0.2) is 19.2 Å². The summed E-state index contributed by atoms with van der Waals surface area (Å²) in [4.78, 5) is 12.4. The van der Waals surface area contributed by atoms with Gasteiger partial charge in [0.25, 0.3) is 0 Å². The Balaban J connectivity index is 1.48. The number of amides is 2. The van der Waals surface area contributed by atoms with Gasteiger partial charge in [0.05, 0.1) is 11.7 Å². The molecule has 1 atom stereocenters. The van der Waals surface area contributed by atoms with E-state index in [1.807, 2.05) is 30.3 Å². The van der Waals surface area contributed by atoms with E-state index in [9.17, 15) is 4.79 Å². The molecule has 24 heavy (non-hydrogen) atoms. The van der Waals surface area contributed by atoms with Gasteiger partial charge in [0.2, 0.25) is 0 Å². The third-order valence-corrected chi connectivity index (χ3v) is 4.69. The number of rotatable bonds is 2. The Hall–Kier alpha value is -2.40. The van der Waals surface area contributed by atoms with E-state index in [-0.39, 0.29) is 12.1 Å². The summed E-state index contributed by atoms with van der Waals surface area (Å²) in [5.41, 5.74) is 2.82. The number of hydrogen-bond donors (Lipinski definition) is 2. The second kappa shape index (κ2) is 6.24. The minimum absolute atomic E-state index is 0.0320. The van der Waals surface area contributed by atoms with Crippen molar-refractivity contribution < 1.29 is 14.3 Å². The predicted molar refractivity (Wildman–Crippen MR) is 92.1 cm³/mol. The number of nitrogens with one attached hydrogen (secondary N) is 2. The highest BCUT2D eigenvalue weighted by molar-refractivity contribution is 6.31. The smallest absolute Gasteiger partial charge is 0.319 e. The van der Waals surface area contributed by atoms with E-state index < -0.39 is 0 Å². The zero-order valence-electron chi connectivity index (χ0n) is 13.0. The van der Waals surface area contributed by atoms with Gasteiger partial charge in [0, 0.05) is 5.02 Å². The largest absolute Gasteiger partial charge is 0.486 e. The molecule has 0 spiro atoms. The number of fused-ring (bicyclic) bond motifs is 2. The molecule has 0 aromatic heterocycles. The number of anilines is 1. The van der Waals surface area contributed by atoms with E-state index in [2.05, 4.69) is 10.6 Å². The highest BCUT2D eigenvalue weighted by Gasteiger charge is 2.26. The third-order valence-electron chi connectivity index (χ3n) is 4.33. The average Bonchev–Trinajstić information content (AvgIpc) is 2.99. The average molecular weight is 345 g/mol. The molecule has 0 saturated heterocycles. The highest BCUT2D eigenvalue weighted by atomic mass is 35.5. The first kappa shape index (κ1) is 15.1. The number of urea groups is 1. The quantitative estimate of drug-likeness (QED) is 0.868. The molecule has 1 heterocycles. The number of hydrogen-bond acceptors (Lipinski definition) is 3. The monoisotopic (exact) mass is 344 g/mol. The summed E-state index contributed by atoms with van der Waals surface area (Å²) >= 11 is 6.22. The number of para-hydroxylation sites is 1. The normalized spacial score (nSPS) is 18.0. The Morgan fingerprint density at radius 1 is 1.12 bits per heavy atom. The summed E-state index contributed by atoms with van der Waals surface area (Å²) in [5, 5.41) is 6.63. The van der Waals surface area contributed by atoms with Crippen LogP contribution in [0.25, 0.3) is 0 Å². The molecule has 0 radical (unpaired) electrons. The molecule has 0 unspecified atom stereocenters. The first-order chi connectivity index (χ1) is 11.7. The maximum absolute atomic E-state index is 12.4. The van der Waals surface area contributed by atoms with Crippen molar-refractivity contribution in [3.05, 3.63) is 52.5 Å². The fraction of sp³-hybridized carbons (Fsp3) is 0.278. The zero-order valence-corrected chi connectivity index (χ0v) is 13.7. The Morgan fingerprint density at radius 3 is 2.88 bits per heavy atom. The molecular formula is C18H17ClN2O3. The molecule has 1 aliphatic heterocycles. The standard InChI is InChI=1S/C18H17ClN2O3/c19-13-4-1-3-12-11(13)7-8-14(12)20-18(22)21-15-5-2-6-16-17(15)24-10-9-23-16/h1-6,14H,7-10H2,(H2,20,21,22)/t14-/m1/s1. The van der Waals surface area contributed by atoms with Crippen LogP contribution in [0, 0.1) is 0 Å². The predicted octanol–water partition coefficient (Wildman–Crippen LogP) is 3.92. The molecule has 2 aromatic carbocycles. The molecule has 0 saturated carbocycles. The Labute approximate surface area is 144 Å². The van der Waals surface area contributed by atoms with E-state index in [1.54, 1.807) is 6.07 Å². The molecule has 1 aliphatic carbocycles. The van der Waals surface area contributed by atoms with Gasteiger partial charge in [-0.1, -0.05) is 29.8 Å². The van der Waals surface area contributed by atoms with Gasteiger partial charge >= 0.3 is 6.03 Å². The summed E-state index contributed by atoms with van der Waals surface area (Å²) in [6, 6.07) is 11.0. The summed E-state index contributed by atoms with van der Waals surface area (Å²) in [6.07, 6.45) is 1.72. The van der Waals surface area contributed by atoms with Gasteiger partial charge in [-0.05, 0) is 42.2 Å². The lowest BCUT2D eigenvalue weighted by atomic mass is 10.1. The van der Waals surface area contributed by atoms with Gasteiger partial charge < -0.3 is 20.1 Å². The van der Waals surface area contributed by atoms with E-state index in [0.29, 0.717) is 30.4 Å². The van der Waals surface area contributed by atoms with Gasteiger partial charge in [0.1, 0.15) is 13.2 Å².